The summed E-state index contributed by atoms with van der Waals surface area (Å²) in [6.07, 6.45) is 1.57. The zero-order valence-electron chi connectivity index (χ0n) is 13.9. The van der Waals surface area contributed by atoms with Crippen molar-refractivity contribution in [3.63, 3.8) is 0 Å². The van der Waals surface area contributed by atoms with E-state index < -0.39 is 0 Å². The molecular weight excluding hydrogens is 306 g/mol. The Kier molecular flexibility index (Phi) is 4.05. The van der Waals surface area contributed by atoms with Crippen LogP contribution >= 0.6 is 0 Å². The van der Waals surface area contributed by atoms with E-state index in [0.29, 0.717) is 11.6 Å². The summed E-state index contributed by atoms with van der Waals surface area (Å²) in [5.74, 6) is 1.37. The van der Waals surface area contributed by atoms with Gasteiger partial charge in [0.2, 0.25) is 0 Å². The number of benzene rings is 3. The van der Waals surface area contributed by atoms with Crippen LogP contribution in [0.1, 0.15) is 5.56 Å². The highest BCUT2D eigenvalue weighted by Gasteiger charge is 2.07. The zero-order valence-corrected chi connectivity index (χ0v) is 13.9. The minimum Gasteiger partial charge on any atom is -0.217 e. The summed E-state index contributed by atoms with van der Waals surface area (Å²) in [6, 6.07) is 26.8. The minimum absolute atomic E-state index is 0.683. The predicted molar refractivity (Wildman–Crippen MR) is 101 cm³/mol. The van der Waals surface area contributed by atoms with Crippen LogP contribution in [0.4, 0.5) is 0 Å². The van der Waals surface area contributed by atoms with Crippen molar-refractivity contribution < 1.29 is 0 Å². The van der Waals surface area contributed by atoms with Gasteiger partial charge in [0.25, 0.3) is 0 Å². The van der Waals surface area contributed by atoms with Gasteiger partial charge >= 0.3 is 0 Å². The maximum absolute atomic E-state index is 4.64. The Hall–Kier alpha value is -3.33. The Morgan fingerprint density at radius 3 is 1.96 bits per heavy atom. The minimum atomic E-state index is 0.683. The van der Waals surface area contributed by atoms with Crippen molar-refractivity contribution in [2.45, 2.75) is 6.92 Å². The van der Waals surface area contributed by atoms with Crippen LogP contribution in [0.25, 0.3) is 33.9 Å². The largest absolute Gasteiger partial charge is 0.217 e. The Balaban J connectivity index is 1.73. The lowest BCUT2D eigenvalue weighted by Gasteiger charge is -2.06. The summed E-state index contributed by atoms with van der Waals surface area (Å²) in [7, 11) is 0. The molecule has 3 aromatic carbocycles. The molecule has 0 aliphatic carbocycles. The van der Waals surface area contributed by atoms with Gasteiger partial charge in [0, 0.05) is 11.1 Å². The first-order valence-electron chi connectivity index (χ1n) is 8.21. The predicted octanol–water partition coefficient (Wildman–Crippen LogP) is 5.18. The molecule has 0 unspecified atom stereocenters. The number of aromatic nitrogens is 3. The summed E-state index contributed by atoms with van der Waals surface area (Å²) < 4.78 is 0. The molecule has 4 aromatic rings. The van der Waals surface area contributed by atoms with Gasteiger partial charge in [-0.05, 0) is 24.1 Å². The molecule has 1 aromatic heterocycles. The molecule has 0 spiro atoms. The average molecular weight is 323 g/mol. The fraction of sp³-hybridized carbons (Fsp3) is 0.0455. The van der Waals surface area contributed by atoms with E-state index in [-0.39, 0.29) is 0 Å². The van der Waals surface area contributed by atoms with Gasteiger partial charge in [-0.25, -0.2) is 15.0 Å². The van der Waals surface area contributed by atoms with Crippen molar-refractivity contribution in [3.8, 4) is 33.9 Å². The SMILES string of the molecule is Cc1ccc(-c2cccc(-c3ncnc(-c4ccccc4)n3)c2)cc1. The van der Waals surface area contributed by atoms with Crippen LogP contribution in [0.15, 0.2) is 85.2 Å². The Morgan fingerprint density at radius 1 is 0.560 bits per heavy atom. The standard InChI is InChI=1S/C22H17N3/c1-16-10-12-17(13-11-16)19-8-5-9-20(14-19)22-24-15-23-21(25-22)18-6-3-2-4-7-18/h2-15H,1H3. The Bertz CT molecular complexity index is 993. The van der Waals surface area contributed by atoms with Crippen molar-refractivity contribution in [1.82, 2.24) is 15.0 Å². The highest BCUT2D eigenvalue weighted by molar-refractivity contribution is 5.71. The van der Waals surface area contributed by atoms with Crippen molar-refractivity contribution >= 4 is 0 Å². The molecule has 25 heavy (non-hydrogen) atoms. The number of hydrogen-bond acceptors (Lipinski definition) is 3. The van der Waals surface area contributed by atoms with Gasteiger partial charge in [-0.2, -0.15) is 0 Å². The van der Waals surface area contributed by atoms with Gasteiger partial charge in [0.05, 0.1) is 0 Å². The molecule has 0 N–H and O–H groups in total. The zero-order chi connectivity index (χ0) is 17.1. The molecule has 0 saturated carbocycles. The Labute approximate surface area is 147 Å². The van der Waals surface area contributed by atoms with E-state index in [9.17, 15) is 0 Å². The highest BCUT2D eigenvalue weighted by Crippen LogP contribution is 2.25. The van der Waals surface area contributed by atoms with E-state index in [4.69, 9.17) is 0 Å². The van der Waals surface area contributed by atoms with E-state index in [1.807, 2.05) is 42.5 Å². The van der Waals surface area contributed by atoms with Gasteiger partial charge in [0.1, 0.15) is 6.33 Å². The molecule has 3 heteroatoms. The van der Waals surface area contributed by atoms with Crippen molar-refractivity contribution in [2.24, 2.45) is 0 Å². The van der Waals surface area contributed by atoms with Gasteiger partial charge in [-0.1, -0.05) is 78.4 Å². The monoisotopic (exact) mass is 323 g/mol. The molecule has 4 rings (SSSR count). The molecule has 0 bridgehead atoms. The van der Waals surface area contributed by atoms with Crippen LogP contribution < -0.4 is 0 Å². The second-order valence-corrected chi connectivity index (χ2v) is 5.95. The molecule has 0 saturated heterocycles. The third-order valence-corrected chi connectivity index (χ3v) is 4.11. The fourth-order valence-corrected chi connectivity index (χ4v) is 2.75. The lowest BCUT2D eigenvalue weighted by molar-refractivity contribution is 1.07. The number of aryl methyl sites for hydroxylation is 1. The van der Waals surface area contributed by atoms with Crippen molar-refractivity contribution in [3.05, 3.63) is 90.8 Å². The van der Waals surface area contributed by atoms with E-state index in [2.05, 4.69) is 58.3 Å². The molecule has 0 amide bonds. The Morgan fingerprint density at radius 2 is 1.20 bits per heavy atom. The first-order valence-corrected chi connectivity index (χ1v) is 8.21. The van der Waals surface area contributed by atoms with E-state index in [0.717, 1.165) is 16.7 Å². The second-order valence-electron chi connectivity index (χ2n) is 5.95. The summed E-state index contributed by atoms with van der Waals surface area (Å²) in [6.45, 7) is 2.09. The van der Waals surface area contributed by atoms with Gasteiger partial charge in [-0.15, -0.1) is 0 Å². The third-order valence-electron chi connectivity index (χ3n) is 4.11. The quantitative estimate of drug-likeness (QED) is 0.521. The summed E-state index contributed by atoms with van der Waals surface area (Å²) in [4.78, 5) is 13.3. The molecule has 120 valence electrons. The molecule has 0 radical (unpaired) electrons. The third kappa shape index (κ3) is 3.31. The van der Waals surface area contributed by atoms with Gasteiger partial charge in [-0.3, -0.25) is 0 Å². The van der Waals surface area contributed by atoms with Crippen LogP contribution in [-0.4, -0.2) is 15.0 Å². The smallest absolute Gasteiger partial charge is 0.163 e. The summed E-state index contributed by atoms with van der Waals surface area (Å²) in [5.41, 5.74) is 5.56. The van der Waals surface area contributed by atoms with Crippen LogP contribution in [0.3, 0.4) is 0 Å². The second kappa shape index (κ2) is 6.65. The average Bonchev–Trinajstić information content (AvgIpc) is 2.69. The lowest BCUT2D eigenvalue weighted by Crippen LogP contribution is -1.95. The fourth-order valence-electron chi connectivity index (χ4n) is 2.75. The summed E-state index contributed by atoms with van der Waals surface area (Å²) >= 11 is 0. The molecule has 0 fully saturated rings. The van der Waals surface area contributed by atoms with Crippen LogP contribution in [0, 0.1) is 6.92 Å². The molecule has 0 aliphatic rings. The first kappa shape index (κ1) is 15.2. The maximum Gasteiger partial charge on any atom is 0.163 e. The number of hydrogen-bond donors (Lipinski definition) is 0. The molecule has 0 atom stereocenters. The van der Waals surface area contributed by atoms with E-state index >= 15 is 0 Å². The van der Waals surface area contributed by atoms with Crippen LogP contribution in [0.2, 0.25) is 0 Å². The topological polar surface area (TPSA) is 38.7 Å². The highest BCUT2D eigenvalue weighted by atomic mass is 15.0. The van der Waals surface area contributed by atoms with E-state index in [1.54, 1.807) is 6.33 Å². The first-order chi connectivity index (χ1) is 12.3. The summed E-state index contributed by atoms with van der Waals surface area (Å²) in [5, 5.41) is 0. The lowest BCUT2D eigenvalue weighted by atomic mass is 10.0. The maximum atomic E-state index is 4.64. The van der Waals surface area contributed by atoms with E-state index in [1.165, 1.54) is 11.1 Å². The molecule has 0 aliphatic heterocycles. The number of rotatable bonds is 3. The van der Waals surface area contributed by atoms with Crippen molar-refractivity contribution in [1.29, 1.82) is 0 Å². The van der Waals surface area contributed by atoms with Crippen molar-refractivity contribution in [2.75, 3.05) is 0 Å². The van der Waals surface area contributed by atoms with Crippen LogP contribution in [0.5, 0.6) is 0 Å². The molecular formula is C22H17N3. The normalized spacial score (nSPS) is 10.6. The van der Waals surface area contributed by atoms with Gasteiger partial charge < -0.3 is 0 Å². The molecule has 1 heterocycles. The van der Waals surface area contributed by atoms with Gasteiger partial charge in [0.15, 0.2) is 11.6 Å². The molecule has 3 nitrogen and oxygen atoms in total. The van der Waals surface area contributed by atoms with Crippen LogP contribution in [-0.2, 0) is 0 Å². The number of nitrogens with zero attached hydrogens (tertiary/aromatic N) is 3.